The molecule has 54 heavy (non-hydrogen) atoms. The summed E-state index contributed by atoms with van der Waals surface area (Å²) in [4.78, 5) is 37.5. The summed E-state index contributed by atoms with van der Waals surface area (Å²) in [6.07, 6.45) is 7.75. The highest BCUT2D eigenvalue weighted by molar-refractivity contribution is 7.22. The van der Waals surface area contributed by atoms with Crippen LogP contribution in [0, 0.1) is 29.5 Å². The molecule has 1 aliphatic heterocycles. The standard InChI is InChI=1S/C41H46FN7O4S/c1-24-16-40(3)18-28(53-13-11-43)19-41(17-24,22-40)23-49-25(2)31(20-44-49)29-8-9-35(46-36(29)38(51)52)48-12-10-26-14-27(42)15-30(32(26)21-48)37(50)47-39-45-33-6-4-5-7-34(33)54-39/h4-9,14-15,20,24,28H,10-13,16-19,21-23,43H2,1-3H3,(H,51,52)(H,45,47,50). The lowest BCUT2D eigenvalue weighted by Gasteiger charge is -2.55. The Hall–Kier alpha value is -4.72. The number of carbonyl (C=O) groups is 2. The third-order valence-electron chi connectivity index (χ3n) is 11.6. The number of rotatable bonds is 10. The van der Waals surface area contributed by atoms with Gasteiger partial charge in [-0.2, -0.15) is 5.10 Å². The average Bonchev–Trinajstić information content (AvgIpc) is 3.70. The molecule has 2 bridgehead atoms. The lowest BCUT2D eigenvalue weighted by Crippen LogP contribution is -2.49. The van der Waals surface area contributed by atoms with Gasteiger partial charge in [0.15, 0.2) is 10.8 Å². The maximum atomic E-state index is 14.8. The molecule has 3 aliphatic rings. The molecule has 4 N–H and O–H groups in total. The Labute approximate surface area is 317 Å². The van der Waals surface area contributed by atoms with Crippen molar-refractivity contribution < 1.29 is 23.8 Å². The molecule has 0 radical (unpaired) electrons. The first-order valence-corrected chi connectivity index (χ1v) is 19.6. The van der Waals surface area contributed by atoms with Crippen molar-refractivity contribution in [3.63, 3.8) is 0 Å². The molecule has 8 rings (SSSR count). The highest BCUT2D eigenvalue weighted by Crippen LogP contribution is 2.58. The molecule has 0 saturated heterocycles. The maximum Gasteiger partial charge on any atom is 0.355 e. The molecule has 1 amide bonds. The van der Waals surface area contributed by atoms with E-state index < -0.39 is 17.7 Å². The number of nitrogens with one attached hydrogen (secondary N) is 1. The average molecular weight is 752 g/mol. The number of carboxylic acids is 1. The minimum absolute atomic E-state index is 0.0212. The van der Waals surface area contributed by atoms with Crippen LogP contribution in [-0.2, 0) is 24.2 Å². The monoisotopic (exact) mass is 751 g/mol. The summed E-state index contributed by atoms with van der Waals surface area (Å²) in [6.45, 7) is 9.27. The number of carbonyl (C=O) groups excluding carboxylic acids is 1. The topological polar surface area (TPSA) is 148 Å². The summed E-state index contributed by atoms with van der Waals surface area (Å²) in [5.74, 6) is -1.02. The van der Waals surface area contributed by atoms with E-state index in [1.807, 2.05) is 46.8 Å². The van der Waals surface area contributed by atoms with Crippen molar-refractivity contribution in [3.05, 3.63) is 88.6 Å². The van der Waals surface area contributed by atoms with Crippen LogP contribution in [0.2, 0.25) is 0 Å². The van der Waals surface area contributed by atoms with Crippen LogP contribution in [0.25, 0.3) is 21.3 Å². The van der Waals surface area contributed by atoms with E-state index >= 15 is 0 Å². The minimum atomic E-state index is -1.14. The molecule has 13 heteroatoms. The van der Waals surface area contributed by atoms with Gasteiger partial charge in [-0.15, -0.1) is 0 Å². The number of nitrogens with two attached hydrogens (primary N) is 1. The molecular weight excluding hydrogens is 706 g/mol. The van der Waals surface area contributed by atoms with Crippen molar-refractivity contribution >= 4 is 44.4 Å². The van der Waals surface area contributed by atoms with Gasteiger partial charge in [0.05, 0.1) is 29.1 Å². The normalized spacial score (nSPS) is 23.7. The van der Waals surface area contributed by atoms with Crippen molar-refractivity contribution in [2.75, 3.05) is 29.9 Å². The molecule has 282 valence electrons. The number of ether oxygens (including phenoxy) is 1. The van der Waals surface area contributed by atoms with Crippen LogP contribution in [0.15, 0.2) is 54.7 Å². The number of para-hydroxylation sites is 1. The zero-order chi connectivity index (χ0) is 37.8. The fourth-order valence-electron chi connectivity index (χ4n) is 9.97. The number of hydrogen-bond acceptors (Lipinski definition) is 9. The van der Waals surface area contributed by atoms with Gasteiger partial charge in [-0.05, 0) is 110 Å². The van der Waals surface area contributed by atoms with E-state index in [1.54, 1.807) is 12.3 Å². The molecule has 4 atom stereocenters. The van der Waals surface area contributed by atoms with E-state index in [0.29, 0.717) is 54.1 Å². The maximum absolute atomic E-state index is 14.8. The number of amides is 1. The first-order valence-electron chi connectivity index (χ1n) is 18.7. The van der Waals surface area contributed by atoms with E-state index in [9.17, 15) is 19.1 Å². The summed E-state index contributed by atoms with van der Waals surface area (Å²) in [7, 11) is 0. The molecule has 3 aromatic heterocycles. The summed E-state index contributed by atoms with van der Waals surface area (Å²) in [6, 6.07) is 13.9. The fourth-order valence-corrected chi connectivity index (χ4v) is 10.8. The van der Waals surface area contributed by atoms with Gasteiger partial charge in [-0.1, -0.05) is 37.3 Å². The summed E-state index contributed by atoms with van der Waals surface area (Å²) >= 11 is 1.35. The molecule has 2 saturated carbocycles. The lowest BCUT2D eigenvalue weighted by atomic mass is 9.52. The second kappa shape index (κ2) is 14.2. The van der Waals surface area contributed by atoms with E-state index in [4.69, 9.17) is 15.6 Å². The number of pyridine rings is 1. The number of aromatic nitrogens is 4. The summed E-state index contributed by atoms with van der Waals surface area (Å²) in [5.41, 5.74) is 10.5. The van der Waals surface area contributed by atoms with Gasteiger partial charge < -0.3 is 20.5 Å². The second-order valence-electron chi connectivity index (χ2n) is 16.1. The zero-order valence-corrected chi connectivity index (χ0v) is 31.7. The predicted octanol–water partition coefficient (Wildman–Crippen LogP) is 7.47. The van der Waals surface area contributed by atoms with Gasteiger partial charge in [0.1, 0.15) is 11.6 Å². The summed E-state index contributed by atoms with van der Waals surface area (Å²) in [5, 5.41) is 18.6. The fraction of sp³-hybridized carbons (Fsp3) is 0.439. The number of thiazole rings is 1. The van der Waals surface area contributed by atoms with Crippen molar-refractivity contribution in [1.29, 1.82) is 0 Å². The van der Waals surface area contributed by atoms with Gasteiger partial charge in [-0.3, -0.25) is 14.8 Å². The minimum Gasteiger partial charge on any atom is -0.476 e. The molecule has 11 nitrogen and oxygen atoms in total. The largest absolute Gasteiger partial charge is 0.476 e. The van der Waals surface area contributed by atoms with Gasteiger partial charge >= 0.3 is 5.97 Å². The smallest absolute Gasteiger partial charge is 0.355 e. The van der Waals surface area contributed by atoms with E-state index in [-0.39, 0.29) is 34.7 Å². The molecule has 0 spiro atoms. The highest BCUT2D eigenvalue weighted by Gasteiger charge is 2.51. The van der Waals surface area contributed by atoms with Crippen LogP contribution < -0.4 is 16.0 Å². The van der Waals surface area contributed by atoms with Crippen LogP contribution in [0.5, 0.6) is 0 Å². The number of carboxylic acid groups (broad SMARTS) is 1. The Balaban J connectivity index is 1.05. The van der Waals surface area contributed by atoms with Gasteiger partial charge in [0, 0.05) is 48.6 Å². The van der Waals surface area contributed by atoms with Crippen LogP contribution in [0.4, 0.5) is 15.3 Å². The molecule has 5 aromatic rings. The Bertz CT molecular complexity index is 2220. The Morgan fingerprint density at radius 2 is 1.94 bits per heavy atom. The number of fused-ring (bicyclic) bond motifs is 4. The van der Waals surface area contributed by atoms with Gasteiger partial charge in [0.25, 0.3) is 5.91 Å². The molecule has 2 aromatic carbocycles. The second-order valence-corrected chi connectivity index (χ2v) is 17.1. The van der Waals surface area contributed by atoms with Crippen molar-refractivity contribution in [1.82, 2.24) is 19.7 Å². The quantitative estimate of drug-likeness (QED) is 0.132. The molecule has 2 aliphatic carbocycles. The van der Waals surface area contributed by atoms with E-state index in [2.05, 4.69) is 29.1 Å². The first-order chi connectivity index (χ1) is 25.9. The van der Waals surface area contributed by atoms with Crippen molar-refractivity contribution in [2.24, 2.45) is 22.5 Å². The number of halogens is 1. The summed E-state index contributed by atoms with van der Waals surface area (Å²) < 4.78 is 24.0. The predicted molar refractivity (Wildman–Crippen MR) is 207 cm³/mol. The van der Waals surface area contributed by atoms with Crippen molar-refractivity contribution in [3.8, 4) is 11.1 Å². The third-order valence-corrected chi connectivity index (χ3v) is 12.6. The Morgan fingerprint density at radius 3 is 2.74 bits per heavy atom. The van der Waals surface area contributed by atoms with Crippen molar-refractivity contribution in [2.45, 2.75) is 78.5 Å². The number of aromatic carboxylic acids is 1. The highest BCUT2D eigenvalue weighted by atomic mass is 32.1. The molecule has 4 unspecified atom stereocenters. The number of hydrogen-bond donors (Lipinski definition) is 3. The molecule has 4 heterocycles. The van der Waals surface area contributed by atoms with Crippen LogP contribution >= 0.6 is 11.3 Å². The van der Waals surface area contributed by atoms with E-state index in [1.165, 1.54) is 29.9 Å². The SMILES string of the molecule is Cc1c(-c2ccc(N3CCc4cc(F)cc(C(=O)Nc5nc6ccccc6s5)c4C3)nc2C(=O)O)cnn1CC12CC(C)CC(C)(CC(OCCN)C1)C2. The Kier molecular flexibility index (Phi) is 9.51. The zero-order valence-electron chi connectivity index (χ0n) is 30.9. The van der Waals surface area contributed by atoms with Gasteiger partial charge in [0.2, 0.25) is 0 Å². The number of benzene rings is 2. The van der Waals surface area contributed by atoms with E-state index in [0.717, 1.165) is 59.3 Å². The number of anilines is 2. The van der Waals surface area contributed by atoms with Gasteiger partial charge in [-0.25, -0.2) is 19.2 Å². The Morgan fingerprint density at radius 1 is 1.11 bits per heavy atom. The first kappa shape index (κ1) is 36.3. The molecule has 2 fully saturated rings. The lowest BCUT2D eigenvalue weighted by molar-refractivity contribution is -0.108. The van der Waals surface area contributed by atoms with Crippen LogP contribution in [-0.4, -0.2) is 62.5 Å². The van der Waals surface area contributed by atoms with Crippen LogP contribution in [0.1, 0.15) is 83.6 Å². The number of nitrogens with zero attached hydrogens (tertiary/aromatic N) is 5. The molecular formula is C41H46FN7O4S. The third kappa shape index (κ3) is 7.00. The van der Waals surface area contributed by atoms with Crippen LogP contribution in [0.3, 0.4) is 0 Å².